The van der Waals surface area contributed by atoms with Crippen molar-refractivity contribution in [1.29, 1.82) is 0 Å². The molecule has 2 rings (SSSR count). The number of amides is 2. The number of sulfonamides is 1. The number of carbonyl (C=O) groups excluding carboxylic acids is 2. The third-order valence-electron chi connectivity index (χ3n) is 5.95. The Kier molecular flexibility index (Phi) is 11.0. The Balaban J connectivity index is 2.17. The summed E-state index contributed by atoms with van der Waals surface area (Å²) in [7, 11) is -1.98. The maximum atomic E-state index is 13.3. The number of methoxy groups -OCH3 is 1. The van der Waals surface area contributed by atoms with Crippen molar-refractivity contribution in [3.05, 3.63) is 59.1 Å². The summed E-state index contributed by atoms with van der Waals surface area (Å²) < 4.78 is 31.2. The fourth-order valence-electron chi connectivity index (χ4n) is 3.59. The van der Waals surface area contributed by atoms with Crippen LogP contribution in [0.15, 0.2) is 48.5 Å². The molecule has 198 valence electrons. The zero-order valence-electron chi connectivity index (χ0n) is 21.5. The minimum Gasteiger partial charge on any atom is -0.497 e. The summed E-state index contributed by atoms with van der Waals surface area (Å²) in [6, 6.07) is 13.1. The normalized spacial score (nSPS) is 12.9. The van der Waals surface area contributed by atoms with Crippen LogP contribution in [0.1, 0.15) is 45.6 Å². The highest BCUT2D eigenvalue weighted by Crippen LogP contribution is 2.22. The number of ether oxygens (including phenoxy) is 1. The van der Waals surface area contributed by atoms with Gasteiger partial charge in [0.25, 0.3) is 0 Å². The highest BCUT2D eigenvalue weighted by Gasteiger charge is 2.27. The Morgan fingerprint density at radius 2 is 1.67 bits per heavy atom. The first kappa shape index (κ1) is 29.5. The third-order valence-corrected chi connectivity index (χ3v) is 7.39. The van der Waals surface area contributed by atoms with Crippen LogP contribution in [0.3, 0.4) is 0 Å². The van der Waals surface area contributed by atoms with E-state index >= 15 is 0 Å². The van der Waals surface area contributed by atoms with Crippen LogP contribution in [-0.4, -0.2) is 57.1 Å². The lowest BCUT2D eigenvalue weighted by Gasteiger charge is -2.30. The third kappa shape index (κ3) is 8.71. The van der Waals surface area contributed by atoms with Gasteiger partial charge in [-0.25, -0.2) is 8.42 Å². The SMILES string of the molecule is CC[C@@H](C)NC(=O)[C@@H](C)N(Cc1ccc(OC)cc1)C(=O)CCCN(c1ccc(Cl)cc1)S(C)(=O)=O. The van der Waals surface area contributed by atoms with Gasteiger partial charge in [0.15, 0.2) is 0 Å². The Hall–Kier alpha value is -2.78. The van der Waals surface area contributed by atoms with E-state index in [9.17, 15) is 18.0 Å². The second-order valence-electron chi connectivity index (χ2n) is 8.78. The fraction of sp³-hybridized carbons (Fsp3) is 0.462. The molecule has 0 aliphatic carbocycles. The molecular formula is C26H36ClN3O5S. The van der Waals surface area contributed by atoms with E-state index in [0.717, 1.165) is 18.2 Å². The maximum absolute atomic E-state index is 13.3. The molecule has 2 amide bonds. The number of carbonyl (C=O) groups is 2. The molecular weight excluding hydrogens is 502 g/mol. The van der Waals surface area contributed by atoms with E-state index < -0.39 is 16.1 Å². The quantitative estimate of drug-likeness (QED) is 0.412. The lowest BCUT2D eigenvalue weighted by atomic mass is 10.1. The molecule has 0 unspecified atom stereocenters. The maximum Gasteiger partial charge on any atom is 0.242 e. The number of benzene rings is 2. The molecule has 0 fully saturated rings. The molecule has 0 saturated heterocycles. The van der Waals surface area contributed by atoms with Gasteiger partial charge in [0.05, 0.1) is 19.1 Å². The molecule has 0 bridgehead atoms. The second kappa shape index (κ2) is 13.5. The van der Waals surface area contributed by atoms with Gasteiger partial charge in [-0.05, 0) is 68.7 Å². The highest BCUT2D eigenvalue weighted by atomic mass is 35.5. The minimum absolute atomic E-state index is 0.0133. The number of nitrogens with one attached hydrogen (secondary N) is 1. The average molecular weight is 538 g/mol. The highest BCUT2D eigenvalue weighted by molar-refractivity contribution is 7.92. The van der Waals surface area contributed by atoms with E-state index in [-0.39, 0.29) is 43.8 Å². The lowest BCUT2D eigenvalue weighted by molar-refractivity contribution is -0.140. The summed E-state index contributed by atoms with van der Waals surface area (Å²) in [5.74, 6) is 0.231. The molecule has 0 aliphatic rings. The van der Waals surface area contributed by atoms with Gasteiger partial charge in [-0.3, -0.25) is 13.9 Å². The average Bonchev–Trinajstić information content (AvgIpc) is 2.84. The van der Waals surface area contributed by atoms with Gasteiger partial charge in [0, 0.05) is 30.6 Å². The predicted octanol–water partition coefficient (Wildman–Crippen LogP) is 4.23. The van der Waals surface area contributed by atoms with Gasteiger partial charge in [0.2, 0.25) is 21.8 Å². The molecule has 0 aromatic heterocycles. The van der Waals surface area contributed by atoms with Crippen molar-refractivity contribution in [2.24, 2.45) is 0 Å². The molecule has 2 aromatic rings. The summed E-state index contributed by atoms with van der Waals surface area (Å²) >= 11 is 5.93. The molecule has 2 atom stereocenters. The smallest absolute Gasteiger partial charge is 0.242 e. The molecule has 0 saturated carbocycles. The Labute approximate surface area is 219 Å². The standard InChI is InChI=1S/C26H36ClN3O5S/c1-6-19(2)28-26(32)20(3)29(18-21-9-15-24(35-4)16-10-21)25(31)8-7-17-30(36(5,33)34)23-13-11-22(27)12-14-23/h9-16,19-20H,6-8,17-18H2,1-5H3,(H,28,32)/t19-,20-/m1/s1. The number of rotatable bonds is 13. The molecule has 1 N–H and O–H groups in total. The van der Waals surface area contributed by atoms with Crippen LogP contribution < -0.4 is 14.4 Å². The largest absolute Gasteiger partial charge is 0.497 e. The van der Waals surface area contributed by atoms with E-state index in [0.29, 0.717) is 16.5 Å². The number of hydrogen-bond donors (Lipinski definition) is 1. The van der Waals surface area contributed by atoms with E-state index in [1.807, 2.05) is 26.0 Å². The van der Waals surface area contributed by atoms with Crippen LogP contribution in [-0.2, 0) is 26.2 Å². The van der Waals surface area contributed by atoms with E-state index in [4.69, 9.17) is 16.3 Å². The molecule has 36 heavy (non-hydrogen) atoms. The van der Waals surface area contributed by atoms with Crippen LogP contribution in [0.5, 0.6) is 5.75 Å². The van der Waals surface area contributed by atoms with Gasteiger partial charge in [-0.15, -0.1) is 0 Å². The monoisotopic (exact) mass is 537 g/mol. The van der Waals surface area contributed by atoms with Gasteiger partial charge in [0.1, 0.15) is 11.8 Å². The van der Waals surface area contributed by atoms with Crippen LogP contribution in [0.2, 0.25) is 5.02 Å². The van der Waals surface area contributed by atoms with Crippen molar-refractivity contribution in [2.45, 2.75) is 58.7 Å². The number of halogens is 1. The van der Waals surface area contributed by atoms with E-state index in [1.54, 1.807) is 50.4 Å². The first-order valence-corrected chi connectivity index (χ1v) is 14.1. The Morgan fingerprint density at radius 3 is 2.19 bits per heavy atom. The van der Waals surface area contributed by atoms with Gasteiger partial charge < -0.3 is 15.0 Å². The second-order valence-corrected chi connectivity index (χ2v) is 11.1. The first-order chi connectivity index (χ1) is 17.0. The van der Waals surface area contributed by atoms with Crippen molar-refractivity contribution >= 4 is 39.1 Å². The van der Waals surface area contributed by atoms with Crippen molar-refractivity contribution in [3.63, 3.8) is 0 Å². The van der Waals surface area contributed by atoms with Crippen LogP contribution in [0.4, 0.5) is 5.69 Å². The van der Waals surface area contributed by atoms with Crippen LogP contribution in [0.25, 0.3) is 0 Å². The minimum atomic E-state index is -3.56. The van der Waals surface area contributed by atoms with Gasteiger partial charge in [-0.1, -0.05) is 30.7 Å². The zero-order chi connectivity index (χ0) is 26.9. The molecule has 0 radical (unpaired) electrons. The lowest BCUT2D eigenvalue weighted by Crippen LogP contribution is -2.49. The molecule has 2 aromatic carbocycles. The summed E-state index contributed by atoms with van der Waals surface area (Å²) in [6.45, 7) is 5.96. The van der Waals surface area contributed by atoms with Gasteiger partial charge in [-0.2, -0.15) is 0 Å². The molecule has 0 heterocycles. The molecule has 10 heteroatoms. The number of hydrogen-bond acceptors (Lipinski definition) is 5. The molecule has 0 spiro atoms. The van der Waals surface area contributed by atoms with Crippen molar-refractivity contribution in [2.75, 3.05) is 24.2 Å². The summed E-state index contributed by atoms with van der Waals surface area (Å²) in [4.78, 5) is 27.7. The van der Waals surface area contributed by atoms with E-state index in [2.05, 4.69) is 5.32 Å². The summed E-state index contributed by atoms with van der Waals surface area (Å²) in [5.41, 5.74) is 1.33. The van der Waals surface area contributed by atoms with Crippen molar-refractivity contribution < 1.29 is 22.7 Å². The van der Waals surface area contributed by atoms with Crippen LogP contribution >= 0.6 is 11.6 Å². The molecule has 0 aliphatic heterocycles. The van der Waals surface area contributed by atoms with Gasteiger partial charge >= 0.3 is 0 Å². The summed E-state index contributed by atoms with van der Waals surface area (Å²) in [6.07, 6.45) is 2.27. The topological polar surface area (TPSA) is 96.0 Å². The summed E-state index contributed by atoms with van der Waals surface area (Å²) in [5, 5.41) is 3.44. The molecule has 8 nitrogen and oxygen atoms in total. The van der Waals surface area contributed by atoms with Crippen LogP contribution in [0, 0.1) is 0 Å². The number of anilines is 1. The number of nitrogens with zero attached hydrogens (tertiary/aromatic N) is 2. The predicted molar refractivity (Wildman–Crippen MR) is 144 cm³/mol. The Bertz CT molecular complexity index is 1110. The van der Waals surface area contributed by atoms with Crippen molar-refractivity contribution in [3.8, 4) is 5.75 Å². The first-order valence-electron chi connectivity index (χ1n) is 11.9. The van der Waals surface area contributed by atoms with E-state index in [1.165, 1.54) is 9.21 Å². The fourth-order valence-corrected chi connectivity index (χ4v) is 4.68. The van der Waals surface area contributed by atoms with Crippen molar-refractivity contribution in [1.82, 2.24) is 10.2 Å². The zero-order valence-corrected chi connectivity index (χ0v) is 23.1. The Morgan fingerprint density at radius 1 is 1.06 bits per heavy atom.